The number of hydrogen-bond donors (Lipinski definition) is 1. The van der Waals surface area contributed by atoms with Crippen molar-refractivity contribution >= 4 is 11.8 Å². The molecular formula is C16H21N3S. The van der Waals surface area contributed by atoms with E-state index in [0.717, 1.165) is 23.8 Å². The molecule has 0 saturated carbocycles. The summed E-state index contributed by atoms with van der Waals surface area (Å²) < 4.78 is 0. The van der Waals surface area contributed by atoms with Crippen molar-refractivity contribution in [2.24, 2.45) is 0 Å². The van der Waals surface area contributed by atoms with E-state index in [9.17, 15) is 0 Å². The molecule has 0 amide bonds. The summed E-state index contributed by atoms with van der Waals surface area (Å²) in [5.74, 6) is 1.69. The van der Waals surface area contributed by atoms with Crippen molar-refractivity contribution in [1.82, 2.24) is 15.3 Å². The van der Waals surface area contributed by atoms with Crippen molar-refractivity contribution in [3.63, 3.8) is 0 Å². The summed E-state index contributed by atoms with van der Waals surface area (Å²) in [5, 5.41) is 3.37. The molecule has 0 bridgehead atoms. The molecule has 0 aliphatic heterocycles. The lowest BCUT2D eigenvalue weighted by molar-refractivity contribution is 0.579. The Balaban J connectivity index is 1.94. The number of hydrogen-bond acceptors (Lipinski definition) is 4. The Bertz CT molecular complexity index is 555. The van der Waals surface area contributed by atoms with Crippen LogP contribution in [0.1, 0.15) is 30.9 Å². The first-order valence-electron chi connectivity index (χ1n) is 6.87. The van der Waals surface area contributed by atoms with Gasteiger partial charge in [-0.25, -0.2) is 9.97 Å². The number of aryl methyl sites for hydroxylation is 1. The highest BCUT2D eigenvalue weighted by molar-refractivity contribution is 7.98. The van der Waals surface area contributed by atoms with Crippen molar-refractivity contribution in [2.45, 2.75) is 44.0 Å². The summed E-state index contributed by atoms with van der Waals surface area (Å²) in [5.41, 5.74) is 2.33. The molecule has 1 heterocycles. The fourth-order valence-corrected chi connectivity index (χ4v) is 2.65. The monoisotopic (exact) mass is 287 g/mol. The Hall–Kier alpha value is -1.39. The molecule has 1 aromatic carbocycles. The zero-order valence-electron chi connectivity index (χ0n) is 12.3. The SMILES string of the molecule is Cc1cccc(SCc2nccc(CNC(C)C)n2)c1. The first-order chi connectivity index (χ1) is 9.63. The minimum Gasteiger partial charge on any atom is -0.309 e. The maximum atomic E-state index is 4.59. The summed E-state index contributed by atoms with van der Waals surface area (Å²) >= 11 is 1.78. The summed E-state index contributed by atoms with van der Waals surface area (Å²) in [6.07, 6.45) is 1.84. The van der Waals surface area contributed by atoms with E-state index in [1.54, 1.807) is 11.8 Å². The maximum absolute atomic E-state index is 4.59. The first-order valence-corrected chi connectivity index (χ1v) is 7.85. The maximum Gasteiger partial charge on any atom is 0.138 e. The van der Waals surface area contributed by atoms with Crippen LogP contribution in [0.4, 0.5) is 0 Å². The number of rotatable bonds is 6. The predicted molar refractivity (Wildman–Crippen MR) is 84.7 cm³/mol. The molecule has 2 rings (SSSR count). The second-order valence-corrected chi connectivity index (χ2v) is 6.15. The van der Waals surface area contributed by atoms with Gasteiger partial charge in [-0.3, -0.25) is 0 Å². The molecule has 1 aromatic heterocycles. The van der Waals surface area contributed by atoms with E-state index in [-0.39, 0.29) is 0 Å². The lowest BCUT2D eigenvalue weighted by Gasteiger charge is -2.08. The van der Waals surface area contributed by atoms with Gasteiger partial charge in [-0.15, -0.1) is 11.8 Å². The largest absolute Gasteiger partial charge is 0.309 e. The fourth-order valence-electron chi connectivity index (χ4n) is 1.77. The Morgan fingerprint density at radius 1 is 1.25 bits per heavy atom. The number of nitrogens with zero attached hydrogens (tertiary/aromatic N) is 2. The van der Waals surface area contributed by atoms with Gasteiger partial charge in [0.2, 0.25) is 0 Å². The highest BCUT2D eigenvalue weighted by Gasteiger charge is 2.02. The minimum atomic E-state index is 0.468. The van der Waals surface area contributed by atoms with Gasteiger partial charge in [0.1, 0.15) is 5.82 Å². The second-order valence-electron chi connectivity index (χ2n) is 5.10. The number of nitrogens with one attached hydrogen (secondary N) is 1. The smallest absolute Gasteiger partial charge is 0.138 e. The quantitative estimate of drug-likeness (QED) is 0.824. The molecule has 0 unspecified atom stereocenters. The molecule has 0 atom stereocenters. The Labute approximate surface area is 125 Å². The fraction of sp³-hybridized carbons (Fsp3) is 0.375. The molecule has 0 fully saturated rings. The van der Waals surface area contributed by atoms with Crippen molar-refractivity contribution in [1.29, 1.82) is 0 Å². The summed E-state index contributed by atoms with van der Waals surface area (Å²) in [6.45, 7) is 7.17. The van der Waals surface area contributed by atoms with Gasteiger partial charge in [0.25, 0.3) is 0 Å². The molecule has 3 nitrogen and oxygen atoms in total. The van der Waals surface area contributed by atoms with Crippen LogP contribution in [0.2, 0.25) is 0 Å². The molecule has 0 radical (unpaired) electrons. The summed E-state index contributed by atoms with van der Waals surface area (Å²) in [7, 11) is 0. The van der Waals surface area contributed by atoms with Gasteiger partial charge in [-0.05, 0) is 25.1 Å². The van der Waals surface area contributed by atoms with E-state index < -0.39 is 0 Å². The third kappa shape index (κ3) is 4.94. The normalized spacial score (nSPS) is 11.0. The van der Waals surface area contributed by atoms with E-state index in [2.05, 4.69) is 60.3 Å². The van der Waals surface area contributed by atoms with Crippen LogP contribution < -0.4 is 5.32 Å². The van der Waals surface area contributed by atoms with Gasteiger partial charge in [0, 0.05) is 23.7 Å². The van der Waals surface area contributed by atoms with Crippen LogP contribution in [0.25, 0.3) is 0 Å². The van der Waals surface area contributed by atoms with Crippen LogP contribution in [0.15, 0.2) is 41.4 Å². The molecule has 1 N–H and O–H groups in total. The van der Waals surface area contributed by atoms with Crippen LogP contribution in [0, 0.1) is 6.92 Å². The number of aromatic nitrogens is 2. The molecule has 20 heavy (non-hydrogen) atoms. The van der Waals surface area contributed by atoms with Crippen LogP contribution in [0.5, 0.6) is 0 Å². The molecule has 0 spiro atoms. The van der Waals surface area contributed by atoms with Crippen molar-refractivity contribution in [3.8, 4) is 0 Å². The van der Waals surface area contributed by atoms with Crippen LogP contribution in [-0.4, -0.2) is 16.0 Å². The van der Waals surface area contributed by atoms with Gasteiger partial charge < -0.3 is 5.32 Å². The molecular weight excluding hydrogens is 266 g/mol. The lowest BCUT2D eigenvalue weighted by Crippen LogP contribution is -2.22. The topological polar surface area (TPSA) is 37.8 Å². The van der Waals surface area contributed by atoms with E-state index in [1.807, 2.05) is 12.3 Å². The van der Waals surface area contributed by atoms with Gasteiger partial charge in [0.05, 0.1) is 11.4 Å². The average Bonchev–Trinajstić information content (AvgIpc) is 2.43. The highest BCUT2D eigenvalue weighted by Crippen LogP contribution is 2.21. The van der Waals surface area contributed by atoms with Crippen molar-refractivity contribution < 1.29 is 0 Å². The third-order valence-corrected chi connectivity index (χ3v) is 3.80. The Morgan fingerprint density at radius 2 is 2.10 bits per heavy atom. The van der Waals surface area contributed by atoms with Gasteiger partial charge in [-0.1, -0.05) is 31.5 Å². The zero-order chi connectivity index (χ0) is 14.4. The lowest BCUT2D eigenvalue weighted by atomic mass is 10.2. The zero-order valence-corrected chi connectivity index (χ0v) is 13.1. The second kappa shape index (κ2) is 7.41. The van der Waals surface area contributed by atoms with Gasteiger partial charge in [0.15, 0.2) is 0 Å². The Morgan fingerprint density at radius 3 is 2.85 bits per heavy atom. The van der Waals surface area contributed by atoms with Crippen molar-refractivity contribution in [2.75, 3.05) is 0 Å². The van der Waals surface area contributed by atoms with Crippen LogP contribution >= 0.6 is 11.8 Å². The molecule has 4 heteroatoms. The Kier molecular flexibility index (Phi) is 5.56. The van der Waals surface area contributed by atoms with E-state index >= 15 is 0 Å². The molecule has 106 valence electrons. The summed E-state index contributed by atoms with van der Waals surface area (Å²) in [4.78, 5) is 10.2. The first kappa shape index (κ1) is 15.0. The molecule has 0 saturated heterocycles. The van der Waals surface area contributed by atoms with E-state index in [4.69, 9.17) is 0 Å². The molecule has 0 aliphatic carbocycles. The van der Waals surface area contributed by atoms with Crippen LogP contribution in [0.3, 0.4) is 0 Å². The highest BCUT2D eigenvalue weighted by atomic mass is 32.2. The van der Waals surface area contributed by atoms with Gasteiger partial charge in [-0.2, -0.15) is 0 Å². The molecule has 2 aromatic rings. The standard InChI is InChI=1S/C16H21N3S/c1-12(2)18-10-14-7-8-17-16(19-14)11-20-15-6-4-5-13(3)9-15/h4-9,12,18H,10-11H2,1-3H3. The van der Waals surface area contributed by atoms with E-state index in [0.29, 0.717) is 6.04 Å². The summed E-state index contributed by atoms with van der Waals surface area (Å²) in [6, 6.07) is 10.9. The average molecular weight is 287 g/mol. The third-order valence-electron chi connectivity index (χ3n) is 2.81. The van der Waals surface area contributed by atoms with Crippen molar-refractivity contribution in [3.05, 3.63) is 53.6 Å². The number of thioether (sulfide) groups is 1. The van der Waals surface area contributed by atoms with E-state index in [1.165, 1.54) is 10.5 Å². The molecule has 0 aliphatic rings. The van der Waals surface area contributed by atoms with Crippen LogP contribution in [-0.2, 0) is 12.3 Å². The minimum absolute atomic E-state index is 0.468. The number of benzene rings is 1. The predicted octanol–water partition coefficient (Wildman–Crippen LogP) is 3.58. The van der Waals surface area contributed by atoms with Gasteiger partial charge >= 0.3 is 0 Å².